The number of nitrogens with two attached hydrogens (primary N) is 1. The minimum absolute atomic E-state index is 0.157. The second-order valence-corrected chi connectivity index (χ2v) is 4.79. The van der Waals surface area contributed by atoms with Gasteiger partial charge in [0.1, 0.15) is 4.99 Å². The normalized spacial score (nSPS) is 11.2. The predicted molar refractivity (Wildman–Crippen MR) is 71.9 cm³/mol. The minimum atomic E-state index is -0.157. The Morgan fingerprint density at radius 3 is 2.62 bits per heavy atom. The zero-order valence-electron chi connectivity index (χ0n) is 9.91. The fraction of sp³-hybridized carbons (Fsp3) is 0.417. The standard InChI is InChI=1S/C12H18N2OS/c1-12(2,8-15-3)14-10-7-5-4-6-9(10)11(13)16/h4-7,14H,8H2,1-3H3,(H2,13,16). The molecule has 1 aromatic carbocycles. The summed E-state index contributed by atoms with van der Waals surface area (Å²) in [6.07, 6.45) is 0. The van der Waals surface area contributed by atoms with E-state index >= 15 is 0 Å². The van der Waals surface area contributed by atoms with Crippen molar-refractivity contribution in [1.29, 1.82) is 0 Å². The van der Waals surface area contributed by atoms with Crippen LogP contribution in [0.4, 0.5) is 5.69 Å². The zero-order valence-corrected chi connectivity index (χ0v) is 10.7. The number of ether oxygens (including phenoxy) is 1. The Labute approximate surface area is 102 Å². The molecule has 0 spiro atoms. The molecule has 0 aliphatic heterocycles. The molecule has 16 heavy (non-hydrogen) atoms. The molecule has 3 N–H and O–H groups in total. The van der Waals surface area contributed by atoms with E-state index in [9.17, 15) is 0 Å². The molecule has 0 fully saturated rings. The number of hydrogen-bond acceptors (Lipinski definition) is 3. The Kier molecular flexibility index (Phi) is 4.26. The molecule has 0 bridgehead atoms. The van der Waals surface area contributed by atoms with Gasteiger partial charge in [0, 0.05) is 18.4 Å². The monoisotopic (exact) mass is 238 g/mol. The van der Waals surface area contributed by atoms with E-state index in [4.69, 9.17) is 22.7 Å². The third-order valence-electron chi connectivity index (χ3n) is 2.17. The fourth-order valence-corrected chi connectivity index (χ4v) is 1.75. The van der Waals surface area contributed by atoms with Gasteiger partial charge in [0.25, 0.3) is 0 Å². The van der Waals surface area contributed by atoms with Crippen molar-refractivity contribution in [1.82, 2.24) is 0 Å². The number of nitrogens with one attached hydrogen (secondary N) is 1. The Morgan fingerprint density at radius 1 is 1.44 bits per heavy atom. The number of anilines is 1. The third kappa shape index (κ3) is 3.47. The maximum absolute atomic E-state index is 5.67. The lowest BCUT2D eigenvalue weighted by molar-refractivity contribution is 0.158. The van der Waals surface area contributed by atoms with Crippen molar-refractivity contribution >= 4 is 22.9 Å². The summed E-state index contributed by atoms with van der Waals surface area (Å²) in [5.74, 6) is 0. The van der Waals surface area contributed by atoms with Crippen molar-refractivity contribution in [3.63, 3.8) is 0 Å². The maximum Gasteiger partial charge on any atom is 0.106 e. The average molecular weight is 238 g/mol. The number of rotatable bonds is 5. The lowest BCUT2D eigenvalue weighted by Gasteiger charge is -2.27. The first-order valence-electron chi connectivity index (χ1n) is 5.12. The van der Waals surface area contributed by atoms with Crippen LogP contribution in [0.5, 0.6) is 0 Å². The quantitative estimate of drug-likeness (QED) is 0.772. The number of hydrogen-bond donors (Lipinski definition) is 2. The molecule has 0 atom stereocenters. The van der Waals surface area contributed by atoms with Gasteiger partial charge in [-0.2, -0.15) is 0 Å². The van der Waals surface area contributed by atoms with Crippen LogP contribution in [0.25, 0.3) is 0 Å². The summed E-state index contributed by atoms with van der Waals surface area (Å²) in [5, 5.41) is 3.38. The van der Waals surface area contributed by atoms with Gasteiger partial charge in [-0.3, -0.25) is 0 Å². The van der Waals surface area contributed by atoms with Gasteiger partial charge in [-0.05, 0) is 26.0 Å². The Balaban J connectivity index is 2.92. The molecule has 0 aliphatic carbocycles. The smallest absolute Gasteiger partial charge is 0.106 e. The summed E-state index contributed by atoms with van der Waals surface area (Å²) in [4.78, 5) is 0.399. The lowest BCUT2D eigenvalue weighted by atomic mass is 10.0. The predicted octanol–water partition coefficient (Wildman–Crippen LogP) is 2.16. The van der Waals surface area contributed by atoms with E-state index in [1.807, 2.05) is 24.3 Å². The number of benzene rings is 1. The zero-order chi connectivity index (χ0) is 12.2. The van der Waals surface area contributed by atoms with Gasteiger partial charge in [0.15, 0.2) is 0 Å². The molecule has 0 saturated carbocycles. The van der Waals surface area contributed by atoms with Crippen molar-refractivity contribution in [2.45, 2.75) is 19.4 Å². The topological polar surface area (TPSA) is 47.3 Å². The van der Waals surface area contributed by atoms with Crippen LogP contribution in [0.3, 0.4) is 0 Å². The van der Waals surface area contributed by atoms with Crippen molar-refractivity contribution < 1.29 is 4.74 Å². The first-order valence-corrected chi connectivity index (χ1v) is 5.53. The molecule has 0 unspecified atom stereocenters. The van der Waals surface area contributed by atoms with Gasteiger partial charge in [0.05, 0.1) is 12.1 Å². The molecule has 1 aromatic rings. The average Bonchev–Trinajstić information content (AvgIpc) is 2.17. The van der Waals surface area contributed by atoms with E-state index in [-0.39, 0.29) is 5.54 Å². The highest BCUT2D eigenvalue weighted by atomic mass is 32.1. The Morgan fingerprint density at radius 2 is 2.06 bits per heavy atom. The second kappa shape index (κ2) is 5.27. The molecule has 88 valence electrons. The highest BCUT2D eigenvalue weighted by Crippen LogP contribution is 2.20. The molecule has 0 saturated heterocycles. The van der Waals surface area contributed by atoms with E-state index in [0.717, 1.165) is 11.3 Å². The van der Waals surface area contributed by atoms with Crippen LogP contribution in [0.1, 0.15) is 19.4 Å². The summed E-state index contributed by atoms with van der Waals surface area (Å²) in [7, 11) is 1.68. The molecule has 0 radical (unpaired) electrons. The summed E-state index contributed by atoms with van der Waals surface area (Å²) in [6, 6.07) is 7.75. The van der Waals surface area contributed by atoms with Crippen molar-refractivity contribution in [3.8, 4) is 0 Å². The molecule has 0 aromatic heterocycles. The lowest BCUT2D eigenvalue weighted by Crippen LogP contribution is -2.36. The second-order valence-electron chi connectivity index (χ2n) is 4.35. The summed E-state index contributed by atoms with van der Waals surface area (Å²) >= 11 is 5.01. The highest BCUT2D eigenvalue weighted by Gasteiger charge is 2.18. The van der Waals surface area contributed by atoms with E-state index in [1.54, 1.807) is 7.11 Å². The van der Waals surface area contributed by atoms with Crippen molar-refractivity contribution in [2.75, 3.05) is 19.0 Å². The van der Waals surface area contributed by atoms with Crippen LogP contribution in [0.2, 0.25) is 0 Å². The number of methoxy groups -OCH3 is 1. The molecule has 0 aliphatic rings. The van der Waals surface area contributed by atoms with Crippen LogP contribution in [-0.4, -0.2) is 24.2 Å². The summed E-state index contributed by atoms with van der Waals surface area (Å²) in [6.45, 7) is 4.73. The fourth-order valence-electron chi connectivity index (χ4n) is 1.57. The van der Waals surface area contributed by atoms with Crippen LogP contribution in [0, 0.1) is 0 Å². The van der Waals surface area contributed by atoms with E-state index < -0.39 is 0 Å². The molecule has 4 heteroatoms. The van der Waals surface area contributed by atoms with Crippen LogP contribution >= 0.6 is 12.2 Å². The third-order valence-corrected chi connectivity index (χ3v) is 2.39. The van der Waals surface area contributed by atoms with Gasteiger partial charge in [0.2, 0.25) is 0 Å². The Hall–Kier alpha value is -1.13. The van der Waals surface area contributed by atoms with E-state index in [0.29, 0.717) is 11.6 Å². The summed E-state index contributed by atoms with van der Waals surface area (Å²) in [5.41, 5.74) is 7.31. The van der Waals surface area contributed by atoms with E-state index in [2.05, 4.69) is 19.2 Å². The molecule has 0 heterocycles. The van der Waals surface area contributed by atoms with Gasteiger partial charge < -0.3 is 15.8 Å². The molecule has 0 amide bonds. The summed E-state index contributed by atoms with van der Waals surface area (Å²) < 4.78 is 5.15. The highest BCUT2D eigenvalue weighted by molar-refractivity contribution is 7.80. The number of para-hydroxylation sites is 1. The van der Waals surface area contributed by atoms with Crippen LogP contribution in [0.15, 0.2) is 24.3 Å². The van der Waals surface area contributed by atoms with Gasteiger partial charge in [-0.15, -0.1) is 0 Å². The van der Waals surface area contributed by atoms with Crippen LogP contribution in [-0.2, 0) is 4.74 Å². The molecular formula is C12H18N2OS. The molecule has 1 rings (SSSR count). The Bertz CT molecular complexity index is 377. The largest absolute Gasteiger partial charge is 0.389 e. The van der Waals surface area contributed by atoms with Gasteiger partial charge in [-0.1, -0.05) is 24.4 Å². The molecular weight excluding hydrogens is 220 g/mol. The first-order chi connectivity index (χ1) is 7.46. The van der Waals surface area contributed by atoms with Crippen LogP contribution < -0.4 is 11.1 Å². The molecule has 3 nitrogen and oxygen atoms in total. The van der Waals surface area contributed by atoms with Crippen molar-refractivity contribution in [3.05, 3.63) is 29.8 Å². The first kappa shape index (κ1) is 12.9. The number of thiocarbonyl (C=S) groups is 1. The minimum Gasteiger partial charge on any atom is -0.389 e. The van der Waals surface area contributed by atoms with Crippen molar-refractivity contribution in [2.24, 2.45) is 5.73 Å². The maximum atomic E-state index is 5.67. The van der Waals surface area contributed by atoms with E-state index in [1.165, 1.54) is 0 Å². The SMILES string of the molecule is COCC(C)(C)Nc1ccccc1C(N)=S. The van der Waals surface area contributed by atoms with Gasteiger partial charge in [-0.25, -0.2) is 0 Å². The van der Waals surface area contributed by atoms with Gasteiger partial charge >= 0.3 is 0 Å².